The number of hydrogen-bond donors (Lipinski definition) is 3. The smallest absolute Gasteiger partial charge is 0.326 e. The van der Waals surface area contributed by atoms with Crippen LogP contribution in [0.2, 0.25) is 0 Å². The quantitative estimate of drug-likeness (QED) is 0.700. The molecule has 1 amide bonds. The van der Waals surface area contributed by atoms with Gasteiger partial charge in [-0.1, -0.05) is 0 Å². The first-order valence-corrected chi connectivity index (χ1v) is 6.91. The van der Waals surface area contributed by atoms with Gasteiger partial charge < -0.3 is 15.5 Å². The Bertz CT molecular complexity index is 482. The van der Waals surface area contributed by atoms with E-state index in [9.17, 15) is 14.4 Å². The van der Waals surface area contributed by atoms with Crippen LogP contribution in [0.15, 0.2) is 14.3 Å². The molecule has 18 heavy (non-hydrogen) atoms. The topological polar surface area (TPSA) is 104 Å². The van der Waals surface area contributed by atoms with Crippen LogP contribution >= 0.6 is 43.2 Å². The third-order valence-corrected chi connectivity index (χ3v) is 5.11. The summed E-state index contributed by atoms with van der Waals surface area (Å²) in [5.74, 6) is -3.31. The maximum Gasteiger partial charge on any atom is 0.326 e. The monoisotopic (exact) mass is 399 g/mol. The van der Waals surface area contributed by atoms with E-state index in [-0.39, 0.29) is 4.88 Å². The van der Waals surface area contributed by atoms with E-state index in [1.807, 2.05) is 0 Å². The maximum atomic E-state index is 11.7. The predicted molar refractivity (Wildman–Crippen MR) is 70.9 cm³/mol. The minimum absolute atomic E-state index is 0.283. The molecule has 0 bridgehead atoms. The highest BCUT2D eigenvalue weighted by atomic mass is 79.9. The Morgan fingerprint density at radius 1 is 1.33 bits per heavy atom. The van der Waals surface area contributed by atoms with Gasteiger partial charge in [0.05, 0.1) is 15.1 Å². The van der Waals surface area contributed by atoms with Crippen LogP contribution in [0.25, 0.3) is 0 Å². The SMILES string of the molecule is O=C(O)C[C@@H](NC(=O)c1cc(Br)c(Br)s1)C(=O)O. The van der Waals surface area contributed by atoms with Crippen molar-refractivity contribution in [2.24, 2.45) is 0 Å². The van der Waals surface area contributed by atoms with Crippen LogP contribution in [0, 0.1) is 0 Å². The maximum absolute atomic E-state index is 11.7. The van der Waals surface area contributed by atoms with Gasteiger partial charge in [-0.25, -0.2) is 4.79 Å². The summed E-state index contributed by atoms with van der Waals surface area (Å²) in [6, 6.07) is 0.0682. The lowest BCUT2D eigenvalue weighted by Crippen LogP contribution is -2.41. The molecule has 3 N–H and O–H groups in total. The largest absolute Gasteiger partial charge is 0.481 e. The number of halogens is 2. The van der Waals surface area contributed by atoms with Gasteiger partial charge in [-0.3, -0.25) is 9.59 Å². The lowest BCUT2D eigenvalue weighted by atomic mass is 10.2. The number of hydrogen-bond acceptors (Lipinski definition) is 4. The number of carboxylic acids is 2. The predicted octanol–water partition coefficient (Wildman–Crippen LogP) is 1.93. The lowest BCUT2D eigenvalue weighted by Gasteiger charge is -2.11. The fourth-order valence-electron chi connectivity index (χ4n) is 1.06. The molecular weight excluding hydrogens is 394 g/mol. The van der Waals surface area contributed by atoms with E-state index in [4.69, 9.17) is 10.2 Å². The third kappa shape index (κ3) is 4.07. The molecule has 1 aromatic rings. The number of thiophene rings is 1. The summed E-state index contributed by atoms with van der Waals surface area (Å²) in [7, 11) is 0. The molecule has 1 atom stereocenters. The molecule has 0 unspecified atom stereocenters. The number of carbonyl (C=O) groups is 3. The average Bonchev–Trinajstić information content (AvgIpc) is 2.57. The van der Waals surface area contributed by atoms with Crippen LogP contribution in [-0.4, -0.2) is 34.1 Å². The number of aliphatic carboxylic acids is 2. The number of amides is 1. The molecule has 0 spiro atoms. The van der Waals surface area contributed by atoms with Crippen LogP contribution in [0.4, 0.5) is 0 Å². The fourth-order valence-corrected chi connectivity index (χ4v) is 3.00. The summed E-state index contributed by atoms with van der Waals surface area (Å²) < 4.78 is 1.36. The van der Waals surface area contributed by atoms with E-state index in [1.54, 1.807) is 0 Å². The molecule has 1 heterocycles. The Labute approximate surface area is 122 Å². The van der Waals surface area contributed by atoms with Crippen molar-refractivity contribution in [3.8, 4) is 0 Å². The molecule has 0 aliphatic carbocycles. The second-order valence-corrected chi connectivity index (χ2v) is 6.42. The Morgan fingerprint density at radius 2 is 1.94 bits per heavy atom. The highest BCUT2D eigenvalue weighted by Gasteiger charge is 2.24. The highest BCUT2D eigenvalue weighted by Crippen LogP contribution is 2.32. The standard InChI is InChI=1S/C9H7Br2NO5S/c10-3-1-5(18-7(3)11)8(15)12-4(9(16)17)2-6(13)14/h1,4H,2H2,(H,12,15)(H,13,14)(H,16,17)/t4-/m1/s1. The van der Waals surface area contributed by atoms with Gasteiger partial charge in [0.25, 0.3) is 5.91 Å². The molecule has 1 rings (SSSR count). The summed E-state index contributed by atoms with van der Waals surface area (Å²) in [5.41, 5.74) is 0. The first-order valence-electron chi connectivity index (χ1n) is 4.51. The third-order valence-electron chi connectivity index (χ3n) is 1.85. The molecule has 0 aromatic carbocycles. The van der Waals surface area contributed by atoms with E-state index in [1.165, 1.54) is 6.07 Å². The molecule has 0 radical (unpaired) electrons. The molecule has 0 saturated carbocycles. The Kier molecular flexibility index (Phi) is 5.29. The van der Waals surface area contributed by atoms with Crippen LogP contribution in [0.3, 0.4) is 0 Å². The van der Waals surface area contributed by atoms with Crippen molar-refractivity contribution in [3.05, 3.63) is 19.2 Å². The zero-order chi connectivity index (χ0) is 13.9. The highest BCUT2D eigenvalue weighted by molar-refractivity contribution is 9.13. The van der Waals surface area contributed by atoms with Crippen molar-refractivity contribution in [3.63, 3.8) is 0 Å². The van der Waals surface area contributed by atoms with Crippen molar-refractivity contribution in [2.45, 2.75) is 12.5 Å². The minimum atomic E-state index is -1.45. The second kappa shape index (κ2) is 6.30. The Morgan fingerprint density at radius 3 is 2.33 bits per heavy atom. The summed E-state index contributed by atoms with van der Waals surface area (Å²) in [5, 5.41) is 19.5. The van der Waals surface area contributed by atoms with E-state index < -0.39 is 30.3 Å². The minimum Gasteiger partial charge on any atom is -0.481 e. The van der Waals surface area contributed by atoms with Crippen LogP contribution in [0.5, 0.6) is 0 Å². The number of carboxylic acid groups (broad SMARTS) is 2. The molecule has 98 valence electrons. The van der Waals surface area contributed by atoms with Gasteiger partial charge in [-0.15, -0.1) is 11.3 Å². The van der Waals surface area contributed by atoms with Crippen molar-refractivity contribution in [1.82, 2.24) is 5.32 Å². The molecule has 6 nitrogen and oxygen atoms in total. The van der Waals surface area contributed by atoms with Gasteiger partial charge in [-0.05, 0) is 37.9 Å². The number of rotatable bonds is 5. The zero-order valence-electron chi connectivity index (χ0n) is 8.65. The van der Waals surface area contributed by atoms with Gasteiger partial charge in [0.15, 0.2) is 0 Å². The number of nitrogens with one attached hydrogen (secondary N) is 1. The van der Waals surface area contributed by atoms with Gasteiger partial charge in [0, 0.05) is 4.47 Å². The van der Waals surface area contributed by atoms with Gasteiger partial charge in [0.2, 0.25) is 0 Å². The average molecular weight is 401 g/mol. The van der Waals surface area contributed by atoms with Crippen molar-refractivity contribution in [1.29, 1.82) is 0 Å². The molecular formula is C9H7Br2NO5S. The van der Waals surface area contributed by atoms with Crippen molar-refractivity contribution in [2.75, 3.05) is 0 Å². The van der Waals surface area contributed by atoms with E-state index >= 15 is 0 Å². The van der Waals surface area contributed by atoms with Gasteiger partial charge in [-0.2, -0.15) is 0 Å². The fraction of sp³-hybridized carbons (Fsp3) is 0.222. The first kappa shape index (κ1) is 15.1. The van der Waals surface area contributed by atoms with Crippen molar-refractivity contribution >= 4 is 61.0 Å². The molecule has 0 aliphatic heterocycles. The second-order valence-electron chi connectivity index (χ2n) is 3.19. The normalized spacial score (nSPS) is 11.9. The molecule has 9 heteroatoms. The summed E-state index contributed by atoms with van der Waals surface area (Å²) >= 11 is 7.51. The summed E-state index contributed by atoms with van der Waals surface area (Å²) in [4.78, 5) is 33.2. The Hall–Kier alpha value is -0.930. The Balaban J connectivity index is 2.78. The van der Waals surface area contributed by atoms with E-state index in [0.717, 1.165) is 11.3 Å². The van der Waals surface area contributed by atoms with Gasteiger partial charge >= 0.3 is 11.9 Å². The summed E-state index contributed by atoms with van der Waals surface area (Å²) in [6.07, 6.45) is -0.672. The zero-order valence-corrected chi connectivity index (χ0v) is 12.6. The van der Waals surface area contributed by atoms with Crippen LogP contribution in [-0.2, 0) is 9.59 Å². The van der Waals surface area contributed by atoms with Gasteiger partial charge in [0.1, 0.15) is 6.04 Å². The van der Waals surface area contributed by atoms with Crippen LogP contribution in [0.1, 0.15) is 16.1 Å². The lowest BCUT2D eigenvalue weighted by molar-refractivity contribution is -0.145. The molecule has 1 aromatic heterocycles. The molecule has 0 fully saturated rings. The first-order chi connectivity index (χ1) is 8.31. The molecule has 0 aliphatic rings. The van der Waals surface area contributed by atoms with Crippen molar-refractivity contribution < 1.29 is 24.6 Å². The molecule has 0 saturated heterocycles. The summed E-state index contributed by atoms with van der Waals surface area (Å²) in [6.45, 7) is 0. The number of carbonyl (C=O) groups excluding carboxylic acids is 1. The van der Waals surface area contributed by atoms with E-state index in [0.29, 0.717) is 8.26 Å². The van der Waals surface area contributed by atoms with Crippen LogP contribution < -0.4 is 5.32 Å². The van der Waals surface area contributed by atoms with E-state index in [2.05, 4.69) is 37.2 Å².